The Bertz CT molecular complexity index is 510. The van der Waals surface area contributed by atoms with Crippen molar-refractivity contribution in [3.63, 3.8) is 0 Å². The topological polar surface area (TPSA) is 50.4 Å². The van der Waals surface area contributed by atoms with E-state index < -0.39 is 6.10 Å². The van der Waals surface area contributed by atoms with Gasteiger partial charge in [-0.2, -0.15) is 0 Å². The number of carbonyl (C=O) groups excluding carboxylic acids is 1. The standard InChI is InChI=1S/C17H24N2O2/c1-12-17(20)19-15-9-14(7-8-16(15)21-12)11-18-10-13-5-3-2-4-6-13/h7-9,12-13,18H,2-6,10-11H2,1H3,(H,19,20). The van der Waals surface area contributed by atoms with Crippen LogP contribution in [0.2, 0.25) is 0 Å². The molecule has 1 aromatic rings. The summed E-state index contributed by atoms with van der Waals surface area (Å²) in [4.78, 5) is 11.6. The van der Waals surface area contributed by atoms with Gasteiger partial charge in [-0.05, 0) is 49.9 Å². The van der Waals surface area contributed by atoms with Crippen LogP contribution in [0.1, 0.15) is 44.6 Å². The van der Waals surface area contributed by atoms with Crippen LogP contribution in [0.5, 0.6) is 5.75 Å². The van der Waals surface area contributed by atoms with Crippen LogP contribution in [0.4, 0.5) is 5.69 Å². The van der Waals surface area contributed by atoms with Crippen LogP contribution in [0.3, 0.4) is 0 Å². The van der Waals surface area contributed by atoms with E-state index in [0.29, 0.717) is 0 Å². The molecule has 1 fully saturated rings. The number of benzene rings is 1. The second-order valence-corrected chi connectivity index (χ2v) is 6.21. The van der Waals surface area contributed by atoms with Gasteiger partial charge in [-0.15, -0.1) is 0 Å². The maximum atomic E-state index is 11.6. The van der Waals surface area contributed by atoms with Gasteiger partial charge in [0.05, 0.1) is 5.69 Å². The van der Waals surface area contributed by atoms with Crippen molar-refractivity contribution >= 4 is 11.6 Å². The SMILES string of the molecule is CC1Oc2ccc(CNCC3CCCCC3)cc2NC1=O. The Balaban J connectivity index is 1.54. The summed E-state index contributed by atoms with van der Waals surface area (Å²) in [6.45, 7) is 3.70. The van der Waals surface area contributed by atoms with Crippen molar-refractivity contribution in [3.05, 3.63) is 23.8 Å². The van der Waals surface area contributed by atoms with Crippen LogP contribution in [-0.4, -0.2) is 18.6 Å². The highest BCUT2D eigenvalue weighted by molar-refractivity contribution is 5.97. The first-order valence-electron chi connectivity index (χ1n) is 8.03. The minimum Gasteiger partial charge on any atom is -0.479 e. The third kappa shape index (κ3) is 3.56. The Labute approximate surface area is 126 Å². The van der Waals surface area contributed by atoms with Gasteiger partial charge in [0.25, 0.3) is 5.91 Å². The number of ether oxygens (including phenoxy) is 1. The Kier molecular flexibility index (Phi) is 4.44. The van der Waals surface area contributed by atoms with Gasteiger partial charge < -0.3 is 15.4 Å². The molecule has 1 heterocycles. The lowest BCUT2D eigenvalue weighted by atomic mass is 9.89. The zero-order chi connectivity index (χ0) is 14.7. The molecule has 1 amide bonds. The van der Waals surface area contributed by atoms with E-state index in [4.69, 9.17) is 4.74 Å². The Hall–Kier alpha value is -1.55. The molecule has 0 bridgehead atoms. The first kappa shape index (κ1) is 14.4. The number of hydrogen-bond acceptors (Lipinski definition) is 3. The van der Waals surface area contributed by atoms with Gasteiger partial charge in [0.1, 0.15) is 5.75 Å². The maximum absolute atomic E-state index is 11.6. The summed E-state index contributed by atoms with van der Waals surface area (Å²) in [5, 5.41) is 6.44. The average molecular weight is 288 g/mol. The number of carbonyl (C=O) groups is 1. The van der Waals surface area contributed by atoms with E-state index in [1.165, 1.54) is 37.7 Å². The normalized spacial score (nSPS) is 22.3. The highest BCUT2D eigenvalue weighted by Gasteiger charge is 2.23. The molecule has 0 saturated heterocycles. The molecule has 0 spiro atoms. The van der Waals surface area contributed by atoms with Gasteiger partial charge in [-0.1, -0.05) is 25.3 Å². The molecule has 1 aromatic carbocycles. The monoisotopic (exact) mass is 288 g/mol. The molecular weight excluding hydrogens is 264 g/mol. The molecule has 4 heteroatoms. The first-order valence-corrected chi connectivity index (χ1v) is 8.03. The first-order chi connectivity index (χ1) is 10.2. The molecule has 3 rings (SSSR count). The van der Waals surface area contributed by atoms with Crippen LogP contribution in [0.15, 0.2) is 18.2 Å². The molecule has 4 nitrogen and oxygen atoms in total. The van der Waals surface area contributed by atoms with Crippen LogP contribution >= 0.6 is 0 Å². The molecule has 2 aliphatic rings. The third-order valence-corrected chi connectivity index (χ3v) is 4.46. The summed E-state index contributed by atoms with van der Waals surface area (Å²) in [6.07, 6.45) is 6.48. The molecule has 1 unspecified atom stereocenters. The lowest BCUT2D eigenvalue weighted by Crippen LogP contribution is -2.34. The Morgan fingerprint density at radius 2 is 2.10 bits per heavy atom. The van der Waals surface area contributed by atoms with Gasteiger partial charge >= 0.3 is 0 Å². The minimum absolute atomic E-state index is 0.0742. The van der Waals surface area contributed by atoms with Crippen molar-refractivity contribution in [2.24, 2.45) is 5.92 Å². The number of hydrogen-bond donors (Lipinski definition) is 2. The van der Waals surface area contributed by atoms with E-state index in [9.17, 15) is 4.79 Å². The quantitative estimate of drug-likeness (QED) is 0.895. The van der Waals surface area contributed by atoms with Gasteiger partial charge in [0.2, 0.25) is 0 Å². The summed E-state index contributed by atoms with van der Waals surface area (Å²) in [7, 11) is 0. The van der Waals surface area contributed by atoms with Crippen LogP contribution in [-0.2, 0) is 11.3 Å². The van der Waals surface area contributed by atoms with Gasteiger partial charge in [-0.25, -0.2) is 0 Å². The fraction of sp³-hybridized carbons (Fsp3) is 0.588. The highest BCUT2D eigenvalue weighted by atomic mass is 16.5. The second kappa shape index (κ2) is 6.48. The Morgan fingerprint density at radius 3 is 2.90 bits per heavy atom. The van der Waals surface area contributed by atoms with Gasteiger partial charge in [0, 0.05) is 6.54 Å². The maximum Gasteiger partial charge on any atom is 0.265 e. The fourth-order valence-electron chi connectivity index (χ4n) is 3.18. The Morgan fingerprint density at radius 1 is 1.29 bits per heavy atom. The molecular formula is C17H24N2O2. The molecule has 1 aliphatic heterocycles. The predicted octanol–water partition coefficient (Wildman–Crippen LogP) is 3.08. The molecule has 0 radical (unpaired) electrons. The van der Waals surface area contributed by atoms with Crippen LogP contribution < -0.4 is 15.4 Å². The summed E-state index contributed by atoms with van der Waals surface area (Å²) < 4.78 is 5.57. The van der Waals surface area contributed by atoms with Crippen LogP contribution in [0.25, 0.3) is 0 Å². The van der Waals surface area contributed by atoms with Crippen molar-refractivity contribution in [2.45, 2.75) is 51.7 Å². The molecule has 114 valence electrons. The van der Waals surface area contributed by atoms with Gasteiger partial charge in [-0.3, -0.25) is 4.79 Å². The minimum atomic E-state index is -0.409. The number of nitrogens with one attached hydrogen (secondary N) is 2. The number of fused-ring (bicyclic) bond motifs is 1. The number of amides is 1. The van der Waals surface area contributed by atoms with E-state index in [1.807, 2.05) is 12.1 Å². The molecule has 1 aliphatic carbocycles. The smallest absolute Gasteiger partial charge is 0.265 e. The predicted molar refractivity (Wildman–Crippen MR) is 83.4 cm³/mol. The van der Waals surface area contributed by atoms with Crippen molar-refractivity contribution < 1.29 is 9.53 Å². The second-order valence-electron chi connectivity index (χ2n) is 6.21. The summed E-state index contributed by atoms with van der Waals surface area (Å²) in [5.74, 6) is 1.52. The lowest BCUT2D eigenvalue weighted by Gasteiger charge is -2.24. The molecule has 1 saturated carbocycles. The van der Waals surface area contributed by atoms with E-state index in [-0.39, 0.29) is 5.91 Å². The zero-order valence-corrected chi connectivity index (χ0v) is 12.7. The summed E-state index contributed by atoms with van der Waals surface area (Å²) >= 11 is 0. The highest BCUT2D eigenvalue weighted by Crippen LogP contribution is 2.30. The third-order valence-electron chi connectivity index (χ3n) is 4.46. The zero-order valence-electron chi connectivity index (χ0n) is 12.7. The van der Waals surface area contributed by atoms with Crippen molar-refractivity contribution in [3.8, 4) is 5.75 Å². The van der Waals surface area contributed by atoms with Gasteiger partial charge in [0.15, 0.2) is 6.10 Å². The summed E-state index contributed by atoms with van der Waals surface area (Å²) in [5.41, 5.74) is 1.97. The van der Waals surface area contributed by atoms with Crippen molar-refractivity contribution in [1.82, 2.24) is 5.32 Å². The summed E-state index contributed by atoms with van der Waals surface area (Å²) in [6, 6.07) is 6.02. The molecule has 1 atom stereocenters. The number of anilines is 1. The number of rotatable bonds is 4. The van der Waals surface area contributed by atoms with E-state index in [1.54, 1.807) is 6.92 Å². The fourth-order valence-corrected chi connectivity index (χ4v) is 3.18. The van der Waals surface area contributed by atoms with Crippen LogP contribution in [0, 0.1) is 5.92 Å². The average Bonchev–Trinajstić information content (AvgIpc) is 2.50. The van der Waals surface area contributed by atoms with E-state index >= 15 is 0 Å². The van der Waals surface area contributed by atoms with Crippen molar-refractivity contribution in [2.75, 3.05) is 11.9 Å². The lowest BCUT2D eigenvalue weighted by molar-refractivity contribution is -0.122. The molecule has 21 heavy (non-hydrogen) atoms. The van der Waals surface area contributed by atoms with E-state index in [2.05, 4.69) is 16.7 Å². The molecule has 2 N–H and O–H groups in total. The largest absolute Gasteiger partial charge is 0.479 e. The van der Waals surface area contributed by atoms with E-state index in [0.717, 1.165) is 30.4 Å². The van der Waals surface area contributed by atoms with Crippen molar-refractivity contribution in [1.29, 1.82) is 0 Å². The molecule has 0 aromatic heterocycles.